The molecule has 1 aromatic heterocycles. The summed E-state index contributed by atoms with van der Waals surface area (Å²) >= 11 is 5.78. The minimum atomic E-state index is -0.691. The van der Waals surface area contributed by atoms with Crippen LogP contribution in [0.1, 0.15) is 10.4 Å². The summed E-state index contributed by atoms with van der Waals surface area (Å²) in [5.41, 5.74) is 0.761. The van der Waals surface area contributed by atoms with Gasteiger partial charge in [-0.25, -0.2) is 4.98 Å². The summed E-state index contributed by atoms with van der Waals surface area (Å²) in [7, 11) is 0. The zero-order valence-electron chi connectivity index (χ0n) is 8.65. The summed E-state index contributed by atoms with van der Waals surface area (Å²) < 4.78 is 12.8. The summed E-state index contributed by atoms with van der Waals surface area (Å²) in [6.45, 7) is 0. The number of benzene rings is 1. The van der Waals surface area contributed by atoms with Crippen LogP contribution in [-0.4, -0.2) is 10.9 Å². The fourth-order valence-corrected chi connectivity index (χ4v) is 1.50. The number of carbonyl (C=O) groups excluding carboxylic acids is 1. The van der Waals surface area contributed by atoms with Gasteiger partial charge in [0.05, 0.1) is 0 Å². The molecule has 0 radical (unpaired) electrons. The number of hydrogen-bond acceptors (Lipinski definition) is 2. The molecule has 1 aromatic carbocycles. The highest BCUT2D eigenvalue weighted by Crippen LogP contribution is 2.15. The molecule has 0 fully saturated rings. The Morgan fingerprint density at radius 3 is 2.82 bits per heavy atom. The first-order valence-electron chi connectivity index (χ1n) is 4.83. The number of hydrogen-bond donors (Lipinski definition) is 1. The highest BCUT2D eigenvalue weighted by atomic mass is 35.5. The normalized spacial score (nSPS) is 10.0. The fourth-order valence-electron chi connectivity index (χ4n) is 1.31. The van der Waals surface area contributed by atoms with Crippen molar-refractivity contribution in [2.75, 3.05) is 5.32 Å². The van der Waals surface area contributed by atoms with Gasteiger partial charge >= 0.3 is 0 Å². The first-order valence-corrected chi connectivity index (χ1v) is 5.21. The molecule has 0 saturated carbocycles. The van der Waals surface area contributed by atoms with Gasteiger partial charge in [-0.15, -0.1) is 0 Å². The van der Waals surface area contributed by atoms with E-state index >= 15 is 0 Å². The van der Waals surface area contributed by atoms with E-state index in [-0.39, 0.29) is 5.56 Å². The number of anilines is 1. The van der Waals surface area contributed by atoms with Gasteiger partial charge in [-0.3, -0.25) is 4.79 Å². The molecule has 2 aromatic rings. The first-order chi connectivity index (χ1) is 8.15. The third-order valence-corrected chi connectivity index (χ3v) is 2.31. The van der Waals surface area contributed by atoms with Crippen LogP contribution >= 0.6 is 11.6 Å². The number of amides is 1. The van der Waals surface area contributed by atoms with Crippen LogP contribution in [0.4, 0.5) is 10.1 Å². The lowest BCUT2D eigenvalue weighted by atomic mass is 10.2. The average molecular weight is 251 g/mol. The lowest BCUT2D eigenvalue weighted by Gasteiger charge is -2.05. The van der Waals surface area contributed by atoms with Crippen molar-refractivity contribution in [1.29, 1.82) is 0 Å². The van der Waals surface area contributed by atoms with Crippen molar-refractivity contribution >= 4 is 23.2 Å². The van der Waals surface area contributed by atoms with Gasteiger partial charge in [0, 0.05) is 28.5 Å². The summed E-state index contributed by atoms with van der Waals surface area (Å²) in [6, 6.07) is 9.22. The Bertz CT molecular complexity index is 560. The topological polar surface area (TPSA) is 42.0 Å². The smallest absolute Gasteiger partial charge is 0.255 e. The fraction of sp³-hybridized carbons (Fsp3) is 0. The summed E-state index contributed by atoms with van der Waals surface area (Å²) in [4.78, 5) is 15.1. The molecule has 0 saturated heterocycles. The van der Waals surface area contributed by atoms with Gasteiger partial charge in [0.1, 0.15) is 0 Å². The van der Waals surface area contributed by atoms with Crippen LogP contribution in [-0.2, 0) is 0 Å². The Balaban J connectivity index is 2.17. The standard InChI is InChI=1S/C12H8ClFN2O/c13-9-2-1-3-10(7-9)16-12(17)8-4-5-15-11(14)6-8/h1-7H,(H,16,17). The van der Waals surface area contributed by atoms with Gasteiger partial charge in [0.15, 0.2) is 0 Å². The van der Waals surface area contributed by atoms with Gasteiger partial charge in [-0.2, -0.15) is 4.39 Å². The molecule has 1 heterocycles. The van der Waals surface area contributed by atoms with Crippen molar-refractivity contribution < 1.29 is 9.18 Å². The second kappa shape index (κ2) is 4.93. The molecule has 0 bridgehead atoms. The lowest BCUT2D eigenvalue weighted by Crippen LogP contribution is -2.12. The monoisotopic (exact) mass is 250 g/mol. The SMILES string of the molecule is O=C(Nc1cccc(Cl)c1)c1ccnc(F)c1. The highest BCUT2D eigenvalue weighted by molar-refractivity contribution is 6.30. The number of halogens is 2. The number of nitrogens with zero attached hydrogens (tertiary/aromatic N) is 1. The van der Waals surface area contributed by atoms with E-state index in [1.165, 1.54) is 12.3 Å². The van der Waals surface area contributed by atoms with E-state index in [9.17, 15) is 9.18 Å². The van der Waals surface area contributed by atoms with Crippen LogP contribution in [0.2, 0.25) is 5.02 Å². The highest BCUT2D eigenvalue weighted by Gasteiger charge is 2.07. The summed E-state index contributed by atoms with van der Waals surface area (Å²) in [6.07, 6.45) is 1.24. The molecule has 0 aliphatic carbocycles. The largest absolute Gasteiger partial charge is 0.322 e. The van der Waals surface area contributed by atoms with E-state index in [2.05, 4.69) is 10.3 Å². The molecule has 0 unspecified atom stereocenters. The van der Waals surface area contributed by atoms with Crippen LogP contribution in [0.25, 0.3) is 0 Å². The number of carbonyl (C=O) groups is 1. The van der Waals surface area contributed by atoms with E-state index in [0.717, 1.165) is 6.07 Å². The van der Waals surface area contributed by atoms with Crippen molar-refractivity contribution in [1.82, 2.24) is 4.98 Å². The Hall–Kier alpha value is -1.94. The average Bonchev–Trinajstić information content (AvgIpc) is 2.29. The Morgan fingerprint density at radius 1 is 1.29 bits per heavy atom. The zero-order chi connectivity index (χ0) is 12.3. The summed E-state index contributed by atoms with van der Waals surface area (Å²) in [5, 5.41) is 3.13. The minimum Gasteiger partial charge on any atom is -0.322 e. The first kappa shape index (κ1) is 11.5. The molecular weight excluding hydrogens is 243 g/mol. The number of pyridine rings is 1. The third-order valence-electron chi connectivity index (χ3n) is 2.07. The lowest BCUT2D eigenvalue weighted by molar-refractivity contribution is 0.102. The predicted octanol–water partition coefficient (Wildman–Crippen LogP) is 3.13. The van der Waals surface area contributed by atoms with E-state index in [4.69, 9.17) is 11.6 Å². The van der Waals surface area contributed by atoms with E-state index < -0.39 is 11.9 Å². The van der Waals surface area contributed by atoms with Gasteiger partial charge in [0.2, 0.25) is 5.95 Å². The molecule has 5 heteroatoms. The maximum absolute atomic E-state index is 12.8. The van der Waals surface area contributed by atoms with Gasteiger partial charge < -0.3 is 5.32 Å². The molecule has 86 valence electrons. The summed E-state index contributed by atoms with van der Waals surface area (Å²) in [5.74, 6) is -1.10. The molecule has 0 aliphatic rings. The Kier molecular flexibility index (Phi) is 3.35. The Morgan fingerprint density at radius 2 is 2.12 bits per heavy atom. The predicted molar refractivity (Wildman–Crippen MR) is 63.6 cm³/mol. The minimum absolute atomic E-state index is 0.206. The maximum atomic E-state index is 12.8. The molecule has 0 aliphatic heterocycles. The molecule has 1 N–H and O–H groups in total. The van der Waals surface area contributed by atoms with Gasteiger partial charge in [-0.05, 0) is 24.3 Å². The number of aromatic nitrogens is 1. The molecule has 0 atom stereocenters. The third kappa shape index (κ3) is 3.01. The van der Waals surface area contributed by atoms with Crippen molar-refractivity contribution in [2.24, 2.45) is 0 Å². The second-order valence-electron chi connectivity index (χ2n) is 3.33. The van der Waals surface area contributed by atoms with Crippen LogP contribution in [0.3, 0.4) is 0 Å². The Labute approximate surface area is 102 Å². The molecular formula is C12H8ClFN2O. The van der Waals surface area contributed by atoms with Crippen LogP contribution < -0.4 is 5.32 Å². The molecule has 2 rings (SSSR count). The van der Waals surface area contributed by atoms with Crippen molar-refractivity contribution in [3.63, 3.8) is 0 Å². The molecule has 17 heavy (non-hydrogen) atoms. The number of nitrogens with one attached hydrogen (secondary N) is 1. The second-order valence-corrected chi connectivity index (χ2v) is 3.77. The van der Waals surface area contributed by atoms with Crippen LogP contribution in [0.15, 0.2) is 42.6 Å². The van der Waals surface area contributed by atoms with Crippen LogP contribution in [0, 0.1) is 5.95 Å². The van der Waals surface area contributed by atoms with Gasteiger partial charge in [-0.1, -0.05) is 17.7 Å². The maximum Gasteiger partial charge on any atom is 0.255 e. The van der Waals surface area contributed by atoms with E-state index in [1.807, 2.05) is 0 Å². The van der Waals surface area contributed by atoms with Gasteiger partial charge in [0.25, 0.3) is 5.91 Å². The van der Waals surface area contributed by atoms with Crippen molar-refractivity contribution in [3.05, 3.63) is 59.1 Å². The molecule has 0 spiro atoms. The zero-order valence-corrected chi connectivity index (χ0v) is 9.41. The molecule has 3 nitrogen and oxygen atoms in total. The van der Waals surface area contributed by atoms with E-state index in [0.29, 0.717) is 10.7 Å². The van der Waals surface area contributed by atoms with E-state index in [1.54, 1.807) is 24.3 Å². The van der Waals surface area contributed by atoms with Crippen molar-refractivity contribution in [3.8, 4) is 0 Å². The molecule has 1 amide bonds. The quantitative estimate of drug-likeness (QED) is 0.832. The van der Waals surface area contributed by atoms with Crippen molar-refractivity contribution in [2.45, 2.75) is 0 Å². The number of rotatable bonds is 2. The van der Waals surface area contributed by atoms with Crippen LogP contribution in [0.5, 0.6) is 0 Å².